The lowest BCUT2D eigenvalue weighted by molar-refractivity contribution is -0.222. The summed E-state index contributed by atoms with van der Waals surface area (Å²) in [6, 6.07) is 2.20. The monoisotopic (exact) mass is 522 g/mol. The Morgan fingerprint density at radius 1 is 1.00 bits per heavy atom. The van der Waals surface area contributed by atoms with Crippen LogP contribution in [0.5, 0.6) is 0 Å². The minimum Gasteiger partial charge on any atom is -0.465 e. The van der Waals surface area contributed by atoms with Crippen LogP contribution in [0.1, 0.15) is 99.8 Å². The smallest absolute Gasteiger partial charge is 0.404 e. The third kappa shape index (κ3) is 3.45. The number of nitrogens with one attached hydrogen (secondary N) is 1. The van der Waals surface area contributed by atoms with Crippen molar-refractivity contribution >= 4 is 17.7 Å². The van der Waals surface area contributed by atoms with Gasteiger partial charge in [0.15, 0.2) is 5.78 Å². The normalized spacial score (nSPS) is 46.8. The van der Waals surface area contributed by atoms with Gasteiger partial charge in [-0.15, -0.1) is 0 Å². The zero-order valence-electron chi connectivity index (χ0n) is 24.4. The maximum Gasteiger partial charge on any atom is 0.404 e. The molecule has 4 saturated carbocycles. The number of nitriles is 1. The number of hydrogen-bond donors (Lipinski definition) is 2. The van der Waals surface area contributed by atoms with Crippen molar-refractivity contribution in [3.05, 3.63) is 11.6 Å². The lowest BCUT2D eigenvalue weighted by Crippen LogP contribution is -2.69. The van der Waals surface area contributed by atoms with Crippen molar-refractivity contribution in [1.29, 1.82) is 5.26 Å². The molecule has 6 nitrogen and oxygen atoms in total. The average Bonchev–Trinajstić information content (AvgIpc) is 2.82. The molecule has 208 valence electrons. The first-order chi connectivity index (χ1) is 17.5. The van der Waals surface area contributed by atoms with Crippen LogP contribution >= 0.6 is 0 Å². The molecule has 38 heavy (non-hydrogen) atoms. The predicted octanol–water partition coefficient (Wildman–Crippen LogP) is 6.55. The number of carboxylic acid groups (broad SMARTS) is 1. The van der Waals surface area contributed by atoms with E-state index in [1.54, 1.807) is 0 Å². The molecular formula is C32H46N2O4. The molecule has 0 aliphatic heterocycles. The van der Waals surface area contributed by atoms with E-state index in [-0.39, 0.29) is 56.7 Å². The maximum atomic E-state index is 14.5. The lowest BCUT2D eigenvalue weighted by Gasteiger charge is -2.72. The Labute approximate surface area is 228 Å². The molecule has 4 fully saturated rings. The van der Waals surface area contributed by atoms with Crippen LogP contribution in [0.2, 0.25) is 0 Å². The highest BCUT2D eigenvalue weighted by Crippen LogP contribution is 2.75. The molecule has 5 aliphatic rings. The Bertz CT molecular complexity index is 1160. The number of rotatable bonds is 2. The van der Waals surface area contributed by atoms with E-state index in [4.69, 9.17) is 0 Å². The highest BCUT2D eigenvalue weighted by Gasteiger charge is 2.72. The second-order valence-electron chi connectivity index (χ2n) is 15.7. The highest BCUT2D eigenvalue weighted by atomic mass is 16.4. The van der Waals surface area contributed by atoms with Crippen LogP contribution in [0.3, 0.4) is 0 Å². The zero-order valence-corrected chi connectivity index (χ0v) is 24.4. The molecule has 0 saturated heterocycles. The van der Waals surface area contributed by atoms with E-state index in [1.165, 1.54) is 0 Å². The van der Waals surface area contributed by atoms with Gasteiger partial charge in [-0.05, 0) is 89.8 Å². The standard InChI is InChI=1S/C32H46N2O4/c1-27(2)10-12-32(18-34-26(37)38)13-11-31(7)24(20(32)16-27)21(35)14-23-29(5)15-19(17-33)25(36)28(3,4)22(29)8-9-30(23,31)6/h15,20,22-24,34H,8-14,16,18H2,1-7H3,(H,37,38)/t20-,22?,23?,24-,29-,30+,31+,32+/m0/s1. The van der Waals surface area contributed by atoms with Gasteiger partial charge in [0, 0.05) is 24.3 Å². The zero-order chi connectivity index (χ0) is 28.1. The summed E-state index contributed by atoms with van der Waals surface area (Å²) >= 11 is 0. The first-order valence-electron chi connectivity index (χ1n) is 14.6. The Kier molecular flexibility index (Phi) is 5.90. The van der Waals surface area contributed by atoms with Gasteiger partial charge in [-0.1, -0.05) is 54.5 Å². The number of hydrogen-bond acceptors (Lipinski definition) is 4. The van der Waals surface area contributed by atoms with E-state index in [0.29, 0.717) is 18.7 Å². The van der Waals surface area contributed by atoms with E-state index < -0.39 is 16.9 Å². The van der Waals surface area contributed by atoms with Crippen molar-refractivity contribution in [1.82, 2.24) is 5.32 Å². The molecule has 5 aliphatic carbocycles. The molecule has 0 spiro atoms. The first-order valence-corrected chi connectivity index (χ1v) is 14.6. The summed E-state index contributed by atoms with van der Waals surface area (Å²) in [5.74, 6) is 0.490. The van der Waals surface area contributed by atoms with Gasteiger partial charge >= 0.3 is 6.09 Å². The number of Topliss-reactive ketones (excluding diaryl/α,β-unsaturated/α-hetero) is 2. The fourth-order valence-corrected chi connectivity index (χ4v) is 11.0. The van der Waals surface area contributed by atoms with E-state index in [9.17, 15) is 24.8 Å². The molecule has 0 heterocycles. The number of carbonyl (C=O) groups excluding carboxylic acids is 2. The Morgan fingerprint density at radius 3 is 2.29 bits per heavy atom. The van der Waals surface area contributed by atoms with Crippen molar-refractivity contribution in [2.75, 3.05) is 6.54 Å². The van der Waals surface area contributed by atoms with Crippen molar-refractivity contribution < 1.29 is 19.5 Å². The fourth-order valence-electron chi connectivity index (χ4n) is 11.0. The van der Waals surface area contributed by atoms with Gasteiger partial charge in [-0.3, -0.25) is 9.59 Å². The van der Waals surface area contributed by atoms with Crippen LogP contribution < -0.4 is 5.32 Å². The average molecular weight is 523 g/mol. The molecule has 0 radical (unpaired) electrons. The largest absolute Gasteiger partial charge is 0.465 e. The molecule has 0 bridgehead atoms. The SMILES string of the molecule is CC1(C)CC[C@]2(CNC(=O)O)CC[C@]3(C)[C@H](C(=O)CC4[C@@]5(C)C=C(C#N)C(=O)C(C)(C)C5CC[C@]43C)[C@@H]2C1. The Balaban J connectivity index is 1.61. The number of amides is 1. The Hall–Kier alpha value is -2.16. The summed E-state index contributed by atoms with van der Waals surface area (Å²) in [5, 5.41) is 22.1. The van der Waals surface area contributed by atoms with E-state index in [0.717, 1.165) is 44.9 Å². The molecule has 5 rings (SSSR count). The molecule has 6 heteroatoms. The quantitative estimate of drug-likeness (QED) is 0.427. The topological polar surface area (TPSA) is 107 Å². The van der Waals surface area contributed by atoms with Crippen molar-refractivity contribution in [2.45, 2.75) is 99.8 Å². The van der Waals surface area contributed by atoms with Gasteiger partial charge in [0.2, 0.25) is 0 Å². The lowest BCUT2D eigenvalue weighted by atomic mass is 9.31. The van der Waals surface area contributed by atoms with Gasteiger partial charge in [-0.25, -0.2) is 4.79 Å². The van der Waals surface area contributed by atoms with E-state index >= 15 is 0 Å². The number of nitrogens with zero attached hydrogens (tertiary/aromatic N) is 1. The summed E-state index contributed by atoms with van der Waals surface area (Å²) in [7, 11) is 0. The second kappa shape index (κ2) is 8.18. The van der Waals surface area contributed by atoms with Crippen molar-refractivity contribution in [2.24, 2.45) is 56.2 Å². The van der Waals surface area contributed by atoms with Gasteiger partial charge < -0.3 is 10.4 Å². The molecule has 8 atom stereocenters. The van der Waals surface area contributed by atoms with Gasteiger partial charge in [0.05, 0.1) is 5.57 Å². The number of ketones is 2. The number of carbonyl (C=O) groups is 3. The van der Waals surface area contributed by atoms with E-state index in [1.807, 2.05) is 19.9 Å². The van der Waals surface area contributed by atoms with E-state index in [2.05, 4.69) is 46.0 Å². The number of allylic oxidation sites excluding steroid dienone is 2. The molecule has 2 N–H and O–H groups in total. The fraction of sp³-hybridized carbons (Fsp3) is 0.812. The van der Waals surface area contributed by atoms with Crippen molar-refractivity contribution in [3.63, 3.8) is 0 Å². The van der Waals surface area contributed by atoms with Crippen LogP contribution in [0, 0.1) is 67.5 Å². The molecule has 0 aromatic carbocycles. The summed E-state index contributed by atoms with van der Waals surface area (Å²) in [6.45, 7) is 16.0. The molecule has 1 amide bonds. The number of fused-ring (bicyclic) bond motifs is 7. The third-order valence-corrected chi connectivity index (χ3v) is 13.2. The van der Waals surface area contributed by atoms with Gasteiger partial charge in [0.25, 0.3) is 0 Å². The molecular weight excluding hydrogens is 476 g/mol. The van der Waals surface area contributed by atoms with Crippen molar-refractivity contribution in [3.8, 4) is 6.07 Å². The minimum absolute atomic E-state index is 0.0601. The van der Waals surface area contributed by atoms with Gasteiger partial charge in [-0.2, -0.15) is 5.26 Å². The van der Waals surface area contributed by atoms with Crippen LogP contribution in [0.15, 0.2) is 11.6 Å². The second-order valence-corrected chi connectivity index (χ2v) is 15.7. The predicted molar refractivity (Wildman–Crippen MR) is 145 cm³/mol. The minimum atomic E-state index is -0.987. The summed E-state index contributed by atoms with van der Waals surface area (Å²) in [4.78, 5) is 39.3. The summed E-state index contributed by atoms with van der Waals surface area (Å²) in [5.41, 5.74) is -1.15. The van der Waals surface area contributed by atoms with Crippen LogP contribution in [-0.2, 0) is 9.59 Å². The molecule has 0 aromatic heterocycles. The molecule has 0 aromatic rings. The van der Waals surface area contributed by atoms with Gasteiger partial charge in [0.1, 0.15) is 11.9 Å². The third-order valence-electron chi connectivity index (χ3n) is 13.2. The Morgan fingerprint density at radius 2 is 1.66 bits per heavy atom. The summed E-state index contributed by atoms with van der Waals surface area (Å²) in [6.07, 6.45) is 8.12. The highest BCUT2D eigenvalue weighted by molar-refractivity contribution is 6.04. The first kappa shape index (κ1) is 27.4. The molecule has 2 unspecified atom stereocenters. The maximum absolute atomic E-state index is 14.5. The summed E-state index contributed by atoms with van der Waals surface area (Å²) < 4.78 is 0. The van der Waals surface area contributed by atoms with Crippen LogP contribution in [0.25, 0.3) is 0 Å². The van der Waals surface area contributed by atoms with Crippen LogP contribution in [-0.4, -0.2) is 29.3 Å². The van der Waals surface area contributed by atoms with Crippen LogP contribution in [0.4, 0.5) is 4.79 Å².